The van der Waals surface area contributed by atoms with Gasteiger partial charge in [0.15, 0.2) is 0 Å². The Morgan fingerprint density at radius 3 is 2.46 bits per heavy atom. The van der Waals surface area contributed by atoms with Crippen molar-refractivity contribution in [1.82, 2.24) is 20.2 Å². The minimum absolute atomic E-state index is 0.0296. The van der Waals surface area contributed by atoms with Crippen LogP contribution in [-0.2, 0) is 11.3 Å². The van der Waals surface area contributed by atoms with Crippen molar-refractivity contribution in [3.8, 4) is 0 Å². The van der Waals surface area contributed by atoms with E-state index >= 15 is 0 Å². The zero-order chi connectivity index (χ0) is 16.8. The molecule has 1 aromatic carbocycles. The Morgan fingerprint density at radius 1 is 0.958 bits per heavy atom. The number of nitrogens with one attached hydrogen (secondary N) is 1. The lowest BCUT2D eigenvalue weighted by Gasteiger charge is -2.43. The molecule has 3 amide bonds. The van der Waals surface area contributed by atoms with Gasteiger partial charge in [0, 0.05) is 32.7 Å². The number of hydrogen-bond donors (Lipinski definition) is 1. The summed E-state index contributed by atoms with van der Waals surface area (Å²) in [5, 5.41) is 6.89. The summed E-state index contributed by atoms with van der Waals surface area (Å²) in [4.78, 5) is 26.5. The largest absolute Gasteiger partial charge is 0.350 e. The zero-order valence-corrected chi connectivity index (χ0v) is 14.1. The molecule has 0 bridgehead atoms. The Hall–Kier alpha value is -2.08. The summed E-state index contributed by atoms with van der Waals surface area (Å²) in [6, 6.07) is 9.78. The summed E-state index contributed by atoms with van der Waals surface area (Å²) in [5.74, 6) is -0.104. The van der Waals surface area contributed by atoms with Crippen molar-refractivity contribution in [2.75, 3.05) is 32.7 Å². The molecule has 2 aliphatic heterocycles. The van der Waals surface area contributed by atoms with E-state index in [2.05, 4.69) is 10.3 Å². The highest BCUT2D eigenvalue weighted by Crippen LogP contribution is 2.17. The van der Waals surface area contributed by atoms with Gasteiger partial charge < -0.3 is 10.2 Å². The van der Waals surface area contributed by atoms with Crippen LogP contribution in [0.4, 0.5) is 4.79 Å². The average Bonchev–Trinajstić information content (AvgIpc) is 2.63. The molecule has 0 aromatic heterocycles. The molecule has 6 nitrogen and oxygen atoms in total. The number of hydrazine groups is 1. The van der Waals surface area contributed by atoms with Crippen LogP contribution in [0.25, 0.3) is 0 Å². The maximum atomic E-state index is 12.7. The summed E-state index contributed by atoms with van der Waals surface area (Å²) in [6.45, 7) is 3.94. The molecule has 0 aliphatic carbocycles. The quantitative estimate of drug-likeness (QED) is 0.896. The summed E-state index contributed by atoms with van der Waals surface area (Å²) < 4.78 is 0. The van der Waals surface area contributed by atoms with Crippen LogP contribution in [0.15, 0.2) is 30.3 Å². The van der Waals surface area contributed by atoms with Gasteiger partial charge in [-0.1, -0.05) is 36.8 Å². The van der Waals surface area contributed by atoms with E-state index in [1.54, 1.807) is 4.90 Å². The van der Waals surface area contributed by atoms with E-state index in [0.717, 1.165) is 44.5 Å². The number of nitrogens with zero attached hydrogens (tertiary/aromatic N) is 3. The monoisotopic (exact) mass is 330 g/mol. The summed E-state index contributed by atoms with van der Waals surface area (Å²) in [7, 11) is 0. The van der Waals surface area contributed by atoms with Gasteiger partial charge in [0.2, 0.25) is 5.91 Å². The summed E-state index contributed by atoms with van der Waals surface area (Å²) in [5.41, 5.74) is 1.06. The van der Waals surface area contributed by atoms with Gasteiger partial charge in [-0.3, -0.25) is 9.80 Å². The van der Waals surface area contributed by atoms with Crippen LogP contribution in [0.2, 0.25) is 0 Å². The predicted molar refractivity (Wildman–Crippen MR) is 92.0 cm³/mol. The van der Waals surface area contributed by atoms with Gasteiger partial charge in [-0.2, -0.15) is 0 Å². The first kappa shape index (κ1) is 16.8. The van der Waals surface area contributed by atoms with Crippen LogP contribution in [-0.4, -0.2) is 59.6 Å². The van der Waals surface area contributed by atoms with Crippen LogP contribution < -0.4 is 5.32 Å². The molecule has 130 valence electrons. The van der Waals surface area contributed by atoms with Gasteiger partial charge in [0.25, 0.3) is 0 Å². The molecule has 0 atom stereocenters. The smallest absolute Gasteiger partial charge is 0.335 e. The van der Waals surface area contributed by atoms with E-state index in [1.165, 1.54) is 6.42 Å². The molecule has 0 unspecified atom stereocenters. The van der Waals surface area contributed by atoms with Crippen LogP contribution in [0.5, 0.6) is 0 Å². The first-order valence-electron chi connectivity index (χ1n) is 8.86. The minimum Gasteiger partial charge on any atom is -0.350 e. The highest BCUT2D eigenvalue weighted by Gasteiger charge is 2.31. The standard InChI is InChI=1S/C18H26N4O2/c23-17(19-14-16-8-3-1-4-9-16)15-20-10-7-13-22(18(20)24)21-11-5-2-6-12-21/h1,3-4,8-9H,2,5-7,10-15H2,(H,19,23). The molecule has 0 radical (unpaired) electrons. The molecule has 0 spiro atoms. The van der Waals surface area contributed by atoms with Crippen molar-refractivity contribution >= 4 is 11.9 Å². The molecule has 1 N–H and O–H groups in total. The number of urea groups is 1. The molecule has 2 saturated heterocycles. The van der Waals surface area contributed by atoms with Gasteiger partial charge in [-0.25, -0.2) is 9.80 Å². The van der Waals surface area contributed by atoms with Crippen LogP contribution in [0, 0.1) is 0 Å². The van der Waals surface area contributed by atoms with E-state index in [9.17, 15) is 9.59 Å². The van der Waals surface area contributed by atoms with E-state index in [4.69, 9.17) is 0 Å². The Labute approximate surface area is 143 Å². The van der Waals surface area contributed by atoms with Crippen molar-refractivity contribution in [3.63, 3.8) is 0 Å². The molecule has 2 fully saturated rings. The fourth-order valence-electron chi connectivity index (χ4n) is 3.32. The molecule has 2 heterocycles. The molecular formula is C18H26N4O2. The third-order valence-corrected chi connectivity index (χ3v) is 4.63. The predicted octanol–water partition coefficient (Wildman–Crippen LogP) is 1.83. The third-order valence-electron chi connectivity index (χ3n) is 4.63. The lowest BCUT2D eigenvalue weighted by Crippen LogP contribution is -2.58. The van der Waals surface area contributed by atoms with Crippen molar-refractivity contribution in [2.24, 2.45) is 0 Å². The zero-order valence-electron chi connectivity index (χ0n) is 14.1. The van der Waals surface area contributed by atoms with Crippen LogP contribution in [0.1, 0.15) is 31.2 Å². The molecule has 6 heteroatoms. The topological polar surface area (TPSA) is 55.9 Å². The van der Waals surface area contributed by atoms with Crippen molar-refractivity contribution in [1.29, 1.82) is 0 Å². The number of carbonyl (C=O) groups excluding carboxylic acids is 2. The first-order valence-corrected chi connectivity index (χ1v) is 8.86. The normalized spacial score (nSPS) is 19.4. The minimum atomic E-state index is -0.104. The van der Waals surface area contributed by atoms with Gasteiger partial charge in [0.05, 0.1) is 0 Å². The van der Waals surface area contributed by atoms with Crippen molar-refractivity contribution in [3.05, 3.63) is 35.9 Å². The van der Waals surface area contributed by atoms with E-state index < -0.39 is 0 Å². The Kier molecular flexibility index (Phi) is 5.69. The summed E-state index contributed by atoms with van der Waals surface area (Å²) >= 11 is 0. The molecule has 0 saturated carbocycles. The Balaban J connectivity index is 1.50. The highest BCUT2D eigenvalue weighted by atomic mass is 16.2. The molecule has 1 aromatic rings. The van der Waals surface area contributed by atoms with Crippen molar-refractivity contribution < 1.29 is 9.59 Å². The highest BCUT2D eigenvalue weighted by molar-refractivity contribution is 5.84. The Morgan fingerprint density at radius 2 is 1.71 bits per heavy atom. The number of piperidine rings is 1. The van der Waals surface area contributed by atoms with Crippen LogP contribution >= 0.6 is 0 Å². The molecule has 2 aliphatic rings. The lowest BCUT2D eigenvalue weighted by molar-refractivity contribution is -0.122. The van der Waals surface area contributed by atoms with Crippen LogP contribution in [0.3, 0.4) is 0 Å². The van der Waals surface area contributed by atoms with Gasteiger partial charge in [-0.15, -0.1) is 0 Å². The maximum absolute atomic E-state index is 12.7. The fraction of sp³-hybridized carbons (Fsp3) is 0.556. The first-order chi connectivity index (χ1) is 11.7. The van der Waals surface area contributed by atoms with Gasteiger partial charge >= 0.3 is 6.03 Å². The number of carbonyl (C=O) groups is 2. The summed E-state index contributed by atoms with van der Waals surface area (Å²) in [6.07, 6.45) is 4.43. The fourth-order valence-corrected chi connectivity index (χ4v) is 3.32. The average molecular weight is 330 g/mol. The number of amides is 3. The second kappa shape index (κ2) is 8.15. The molecular weight excluding hydrogens is 304 g/mol. The third kappa shape index (κ3) is 4.26. The SMILES string of the molecule is O=C(CN1CCCN(N2CCCCC2)C1=O)NCc1ccccc1. The van der Waals surface area contributed by atoms with Gasteiger partial charge in [0.1, 0.15) is 6.54 Å². The number of hydrogen-bond acceptors (Lipinski definition) is 3. The maximum Gasteiger partial charge on any atom is 0.335 e. The van der Waals surface area contributed by atoms with E-state index in [-0.39, 0.29) is 18.5 Å². The van der Waals surface area contributed by atoms with E-state index in [0.29, 0.717) is 13.1 Å². The van der Waals surface area contributed by atoms with Crippen molar-refractivity contribution in [2.45, 2.75) is 32.2 Å². The van der Waals surface area contributed by atoms with Gasteiger partial charge in [-0.05, 0) is 24.8 Å². The number of benzene rings is 1. The number of rotatable bonds is 5. The van der Waals surface area contributed by atoms with E-state index in [1.807, 2.05) is 35.3 Å². The molecule has 24 heavy (non-hydrogen) atoms. The Bertz CT molecular complexity index is 557. The lowest BCUT2D eigenvalue weighted by atomic mass is 10.1. The second-order valence-electron chi connectivity index (χ2n) is 6.46. The second-order valence-corrected chi connectivity index (χ2v) is 6.46. The molecule has 3 rings (SSSR count).